The quantitative estimate of drug-likeness (QED) is 0.749. The molecule has 0 heterocycles. The Morgan fingerprint density at radius 1 is 1.38 bits per heavy atom. The van der Waals surface area contributed by atoms with Crippen molar-refractivity contribution in [1.82, 2.24) is 0 Å². The van der Waals surface area contributed by atoms with Crippen LogP contribution >= 0.6 is 15.9 Å². The van der Waals surface area contributed by atoms with Crippen LogP contribution in [0.5, 0.6) is 5.75 Å². The van der Waals surface area contributed by atoms with Crippen LogP contribution in [0, 0.1) is 11.6 Å². The molecule has 13 heavy (non-hydrogen) atoms. The van der Waals surface area contributed by atoms with E-state index in [1.165, 1.54) is 6.07 Å². The first kappa shape index (κ1) is 10.4. The zero-order chi connectivity index (χ0) is 9.84. The van der Waals surface area contributed by atoms with Gasteiger partial charge >= 0.3 is 0 Å². The molecule has 0 aromatic heterocycles. The third-order valence-electron chi connectivity index (χ3n) is 1.52. The van der Waals surface area contributed by atoms with Gasteiger partial charge in [0.05, 0.1) is 6.61 Å². The van der Waals surface area contributed by atoms with Crippen molar-refractivity contribution in [3.63, 3.8) is 0 Å². The largest absolute Gasteiger partial charge is 0.490 e. The highest BCUT2D eigenvalue weighted by atomic mass is 79.9. The van der Waals surface area contributed by atoms with E-state index in [1.54, 1.807) is 6.92 Å². The fourth-order valence-corrected chi connectivity index (χ4v) is 1.44. The van der Waals surface area contributed by atoms with Crippen LogP contribution in [-0.4, -0.2) is 6.61 Å². The number of rotatable bonds is 3. The maximum atomic E-state index is 13.1. The van der Waals surface area contributed by atoms with Crippen molar-refractivity contribution in [2.75, 3.05) is 6.61 Å². The Labute approximate surface area is 83.8 Å². The third kappa shape index (κ3) is 2.40. The maximum Gasteiger partial charge on any atom is 0.168 e. The van der Waals surface area contributed by atoms with Gasteiger partial charge in [-0.3, -0.25) is 0 Å². The fraction of sp³-hybridized carbons (Fsp3) is 0.333. The van der Waals surface area contributed by atoms with Crippen LogP contribution in [0.15, 0.2) is 12.1 Å². The molecule has 0 bridgehead atoms. The minimum absolute atomic E-state index is 0.126. The molecule has 72 valence electrons. The highest BCUT2D eigenvalue weighted by Gasteiger charge is 2.10. The number of halogens is 3. The summed E-state index contributed by atoms with van der Waals surface area (Å²) in [4.78, 5) is 0. The molecule has 1 aromatic rings. The zero-order valence-corrected chi connectivity index (χ0v) is 8.70. The lowest BCUT2D eigenvalue weighted by Gasteiger charge is -2.08. The van der Waals surface area contributed by atoms with Gasteiger partial charge in [0.15, 0.2) is 11.6 Å². The molecular formula is C9H9BrF2O. The summed E-state index contributed by atoms with van der Waals surface area (Å²) in [5.41, 5.74) is 0.486. The van der Waals surface area contributed by atoms with Gasteiger partial charge in [-0.15, -0.1) is 0 Å². The van der Waals surface area contributed by atoms with E-state index in [0.29, 0.717) is 17.5 Å². The Morgan fingerprint density at radius 2 is 2.08 bits per heavy atom. The molecular weight excluding hydrogens is 242 g/mol. The van der Waals surface area contributed by atoms with E-state index >= 15 is 0 Å². The first-order chi connectivity index (χ1) is 6.19. The summed E-state index contributed by atoms with van der Waals surface area (Å²) in [6, 6.07) is 2.07. The molecule has 0 spiro atoms. The summed E-state index contributed by atoms with van der Waals surface area (Å²) in [6.45, 7) is 2.11. The van der Waals surface area contributed by atoms with Crippen molar-refractivity contribution in [3.8, 4) is 5.75 Å². The highest BCUT2D eigenvalue weighted by Crippen LogP contribution is 2.26. The van der Waals surface area contributed by atoms with E-state index in [1.807, 2.05) is 0 Å². The topological polar surface area (TPSA) is 9.23 Å². The minimum Gasteiger partial charge on any atom is -0.490 e. The molecule has 0 N–H and O–H groups in total. The maximum absolute atomic E-state index is 13.1. The van der Waals surface area contributed by atoms with Crippen LogP contribution in [-0.2, 0) is 5.33 Å². The van der Waals surface area contributed by atoms with E-state index in [9.17, 15) is 8.78 Å². The smallest absolute Gasteiger partial charge is 0.168 e. The van der Waals surface area contributed by atoms with E-state index in [2.05, 4.69) is 15.9 Å². The third-order valence-corrected chi connectivity index (χ3v) is 2.12. The second-order valence-electron chi connectivity index (χ2n) is 2.44. The number of ether oxygens (including phenoxy) is 1. The molecule has 0 amide bonds. The van der Waals surface area contributed by atoms with Gasteiger partial charge in [0.25, 0.3) is 0 Å². The molecule has 1 nitrogen and oxygen atoms in total. The lowest BCUT2D eigenvalue weighted by atomic mass is 10.2. The van der Waals surface area contributed by atoms with Gasteiger partial charge in [0.1, 0.15) is 5.82 Å². The van der Waals surface area contributed by atoms with Gasteiger partial charge in [-0.05, 0) is 13.0 Å². The normalized spacial score (nSPS) is 10.2. The number of hydrogen-bond donors (Lipinski definition) is 0. The molecule has 0 aliphatic rings. The standard InChI is InChI=1S/C9H9BrF2O/c1-2-13-9-6(5-10)3-7(11)4-8(9)12/h3-4H,2,5H2,1H3. The van der Waals surface area contributed by atoms with Gasteiger partial charge in [-0.1, -0.05) is 15.9 Å². The molecule has 0 aliphatic heterocycles. The fourth-order valence-electron chi connectivity index (χ4n) is 1.02. The lowest BCUT2D eigenvalue weighted by molar-refractivity contribution is 0.317. The lowest BCUT2D eigenvalue weighted by Crippen LogP contribution is -1.99. The predicted molar refractivity (Wildman–Crippen MR) is 50.2 cm³/mol. The van der Waals surface area contributed by atoms with Crippen molar-refractivity contribution >= 4 is 15.9 Å². The Bertz CT molecular complexity index is 302. The van der Waals surface area contributed by atoms with Crippen molar-refractivity contribution in [1.29, 1.82) is 0 Å². The molecule has 0 saturated heterocycles. The van der Waals surface area contributed by atoms with Crippen LogP contribution in [0.3, 0.4) is 0 Å². The second-order valence-corrected chi connectivity index (χ2v) is 3.00. The summed E-state index contributed by atoms with van der Waals surface area (Å²) < 4.78 is 30.9. The average molecular weight is 251 g/mol. The summed E-state index contributed by atoms with van der Waals surface area (Å²) in [5, 5.41) is 0.372. The highest BCUT2D eigenvalue weighted by molar-refractivity contribution is 9.08. The predicted octanol–water partition coefficient (Wildman–Crippen LogP) is 3.26. The van der Waals surface area contributed by atoms with E-state index in [-0.39, 0.29) is 5.75 Å². The van der Waals surface area contributed by atoms with Crippen LogP contribution in [0.2, 0.25) is 0 Å². The number of hydrogen-bond acceptors (Lipinski definition) is 1. The van der Waals surface area contributed by atoms with Crippen molar-refractivity contribution in [3.05, 3.63) is 29.3 Å². The summed E-state index contributed by atoms with van der Waals surface area (Å²) in [7, 11) is 0. The second kappa shape index (κ2) is 4.56. The molecule has 0 fully saturated rings. The Morgan fingerprint density at radius 3 is 2.62 bits per heavy atom. The molecule has 0 atom stereocenters. The van der Waals surface area contributed by atoms with E-state index in [4.69, 9.17) is 4.74 Å². The summed E-state index contributed by atoms with van der Waals surface area (Å²) in [6.07, 6.45) is 0. The van der Waals surface area contributed by atoms with E-state index < -0.39 is 11.6 Å². The van der Waals surface area contributed by atoms with Crippen LogP contribution in [0.1, 0.15) is 12.5 Å². The zero-order valence-electron chi connectivity index (χ0n) is 7.11. The van der Waals surface area contributed by atoms with Gasteiger partial charge in [-0.25, -0.2) is 8.78 Å². The number of alkyl halides is 1. The minimum atomic E-state index is -0.656. The molecule has 0 saturated carbocycles. The Kier molecular flexibility index (Phi) is 3.66. The Hall–Kier alpha value is -0.640. The first-order valence-corrected chi connectivity index (χ1v) is 4.97. The molecule has 0 radical (unpaired) electrons. The van der Waals surface area contributed by atoms with Gasteiger partial charge < -0.3 is 4.74 Å². The SMILES string of the molecule is CCOc1c(F)cc(F)cc1CBr. The number of benzene rings is 1. The van der Waals surface area contributed by atoms with Crippen LogP contribution in [0.4, 0.5) is 8.78 Å². The molecule has 1 rings (SSSR count). The molecule has 4 heteroatoms. The van der Waals surface area contributed by atoms with Crippen molar-refractivity contribution in [2.45, 2.75) is 12.3 Å². The van der Waals surface area contributed by atoms with Gasteiger partial charge in [0.2, 0.25) is 0 Å². The van der Waals surface area contributed by atoms with Crippen molar-refractivity contribution < 1.29 is 13.5 Å². The molecule has 1 aromatic carbocycles. The summed E-state index contributed by atoms with van der Waals surface area (Å²) >= 11 is 3.13. The molecule has 0 unspecified atom stereocenters. The molecule has 0 aliphatic carbocycles. The summed E-state index contributed by atoms with van der Waals surface area (Å²) in [5.74, 6) is -1.12. The van der Waals surface area contributed by atoms with Gasteiger partial charge in [-0.2, -0.15) is 0 Å². The van der Waals surface area contributed by atoms with Crippen molar-refractivity contribution in [2.24, 2.45) is 0 Å². The van der Waals surface area contributed by atoms with Crippen LogP contribution < -0.4 is 4.74 Å². The Balaban J connectivity index is 3.13. The van der Waals surface area contributed by atoms with Gasteiger partial charge in [0, 0.05) is 17.0 Å². The van der Waals surface area contributed by atoms with Crippen LogP contribution in [0.25, 0.3) is 0 Å². The van der Waals surface area contributed by atoms with E-state index in [0.717, 1.165) is 6.07 Å². The average Bonchev–Trinajstić information content (AvgIpc) is 2.09. The monoisotopic (exact) mass is 250 g/mol. The first-order valence-electron chi connectivity index (χ1n) is 3.85.